The number of aliphatic hydroxyl groups excluding tert-OH is 1. The monoisotopic (exact) mass is 327 g/mol. The number of rotatable bonds is 8. The number of hydrogen-bond acceptors (Lipinski definition) is 4. The number of aliphatic hydroxyl groups is 1. The largest absolute Gasteiger partial charge is 0.491 e. The molecular formula is C17H26ClNO3. The van der Waals surface area contributed by atoms with Crippen molar-refractivity contribution >= 4 is 11.6 Å². The van der Waals surface area contributed by atoms with E-state index in [2.05, 4.69) is 12.2 Å². The van der Waals surface area contributed by atoms with Gasteiger partial charge in [-0.2, -0.15) is 0 Å². The molecule has 1 fully saturated rings. The van der Waals surface area contributed by atoms with Crippen LogP contribution in [0.3, 0.4) is 0 Å². The number of halogens is 1. The minimum atomic E-state index is 0.173. The summed E-state index contributed by atoms with van der Waals surface area (Å²) in [6.45, 7) is 6.33. The lowest BCUT2D eigenvalue weighted by molar-refractivity contribution is 0.0675. The highest BCUT2D eigenvalue weighted by Crippen LogP contribution is 2.24. The van der Waals surface area contributed by atoms with Crippen LogP contribution in [-0.2, 0) is 11.3 Å². The van der Waals surface area contributed by atoms with E-state index in [1.807, 2.05) is 25.1 Å². The van der Waals surface area contributed by atoms with Crippen LogP contribution in [0.15, 0.2) is 18.2 Å². The summed E-state index contributed by atoms with van der Waals surface area (Å²) in [4.78, 5) is 0. The molecule has 1 aliphatic rings. The minimum absolute atomic E-state index is 0.173. The first-order valence-electron chi connectivity index (χ1n) is 7.97. The van der Waals surface area contributed by atoms with E-state index in [1.165, 1.54) is 0 Å². The van der Waals surface area contributed by atoms with E-state index < -0.39 is 0 Å². The summed E-state index contributed by atoms with van der Waals surface area (Å²) >= 11 is 6.10. The molecule has 1 aromatic rings. The van der Waals surface area contributed by atoms with E-state index in [9.17, 15) is 5.11 Å². The SMILES string of the molecule is CC(CO)C(C)NCc1cc(Cl)ccc1OCC1CCCO1. The first kappa shape index (κ1) is 17.5. The number of ether oxygens (including phenoxy) is 2. The average molecular weight is 328 g/mol. The summed E-state index contributed by atoms with van der Waals surface area (Å²) in [7, 11) is 0. The van der Waals surface area contributed by atoms with Gasteiger partial charge in [0.25, 0.3) is 0 Å². The van der Waals surface area contributed by atoms with Gasteiger partial charge in [-0.15, -0.1) is 0 Å². The van der Waals surface area contributed by atoms with Crippen LogP contribution >= 0.6 is 11.6 Å². The molecule has 0 saturated carbocycles. The van der Waals surface area contributed by atoms with Gasteiger partial charge in [0.05, 0.1) is 6.10 Å². The quantitative estimate of drug-likeness (QED) is 0.770. The molecule has 1 aromatic carbocycles. The van der Waals surface area contributed by atoms with Crippen molar-refractivity contribution in [3.63, 3.8) is 0 Å². The Morgan fingerprint density at radius 1 is 1.45 bits per heavy atom. The van der Waals surface area contributed by atoms with Crippen molar-refractivity contribution in [1.82, 2.24) is 5.32 Å². The number of nitrogens with one attached hydrogen (secondary N) is 1. The molecule has 0 aromatic heterocycles. The maximum atomic E-state index is 9.21. The van der Waals surface area contributed by atoms with Gasteiger partial charge in [-0.1, -0.05) is 18.5 Å². The fourth-order valence-corrected chi connectivity index (χ4v) is 2.61. The van der Waals surface area contributed by atoms with Crippen LogP contribution in [0.4, 0.5) is 0 Å². The highest BCUT2D eigenvalue weighted by Gasteiger charge is 2.17. The van der Waals surface area contributed by atoms with Crippen LogP contribution in [0.25, 0.3) is 0 Å². The third-order valence-electron chi connectivity index (χ3n) is 4.23. The van der Waals surface area contributed by atoms with Crippen molar-refractivity contribution in [1.29, 1.82) is 0 Å². The predicted molar refractivity (Wildman–Crippen MR) is 88.5 cm³/mol. The molecule has 4 nitrogen and oxygen atoms in total. The van der Waals surface area contributed by atoms with E-state index >= 15 is 0 Å². The van der Waals surface area contributed by atoms with E-state index in [0.29, 0.717) is 18.2 Å². The standard InChI is InChI=1S/C17H26ClNO3/c1-12(10-20)13(2)19-9-14-8-15(18)5-6-17(14)22-11-16-4-3-7-21-16/h5-6,8,12-13,16,19-20H,3-4,7,9-11H2,1-2H3. The molecule has 1 saturated heterocycles. The molecule has 124 valence electrons. The molecule has 3 atom stereocenters. The molecule has 0 bridgehead atoms. The van der Waals surface area contributed by atoms with Crippen molar-refractivity contribution in [2.24, 2.45) is 5.92 Å². The van der Waals surface area contributed by atoms with E-state index in [-0.39, 0.29) is 24.7 Å². The molecule has 0 spiro atoms. The van der Waals surface area contributed by atoms with Crippen LogP contribution in [0, 0.1) is 5.92 Å². The second kappa shape index (κ2) is 8.73. The predicted octanol–water partition coefficient (Wildman–Crippen LogP) is 3.00. The molecule has 1 heterocycles. The normalized spacial score (nSPS) is 20.8. The Hall–Kier alpha value is -0.810. The zero-order valence-electron chi connectivity index (χ0n) is 13.3. The molecule has 0 aliphatic carbocycles. The van der Waals surface area contributed by atoms with E-state index in [1.54, 1.807) is 0 Å². The highest BCUT2D eigenvalue weighted by molar-refractivity contribution is 6.30. The second-order valence-corrected chi connectivity index (χ2v) is 6.46. The molecule has 0 radical (unpaired) electrons. The lowest BCUT2D eigenvalue weighted by atomic mass is 10.0. The third-order valence-corrected chi connectivity index (χ3v) is 4.46. The topological polar surface area (TPSA) is 50.7 Å². The zero-order valence-corrected chi connectivity index (χ0v) is 14.1. The van der Waals surface area contributed by atoms with Gasteiger partial charge >= 0.3 is 0 Å². The van der Waals surface area contributed by atoms with Gasteiger partial charge in [0.2, 0.25) is 0 Å². The number of hydrogen-bond donors (Lipinski definition) is 2. The Bertz CT molecular complexity index is 463. The molecular weight excluding hydrogens is 302 g/mol. The summed E-state index contributed by atoms with van der Waals surface area (Å²) in [6, 6.07) is 5.90. The van der Waals surface area contributed by atoms with E-state index in [0.717, 1.165) is 30.8 Å². The lowest BCUT2D eigenvalue weighted by Gasteiger charge is -2.21. The smallest absolute Gasteiger partial charge is 0.124 e. The van der Waals surface area contributed by atoms with Crippen LogP contribution < -0.4 is 10.1 Å². The number of benzene rings is 1. The van der Waals surface area contributed by atoms with Crippen molar-refractivity contribution in [3.05, 3.63) is 28.8 Å². The maximum Gasteiger partial charge on any atom is 0.124 e. The summed E-state index contributed by atoms with van der Waals surface area (Å²) in [6.07, 6.45) is 2.37. The fourth-order valence-electron chi connectivity index (χ4n) is 2.42. The third kappa shape index (κ3) is 5.13. The van der Waals surface area contributed by atoms with Gasteiger partial charge in [0.15, 0.2) is 0 Å². The Balaban J connectivity index is 1.94. The maximum absolute atomic E-state index is 9.21. The van der Waals surface area contributed by atoms with Crippen LogP contribution in [0.5, 0.6) is 5.75 Å². The summed E-state index contributed by atoms with van der Waals surface area (Å²) in [5, 5.41) is 13.3. The Morgan fingerprint density at radius 3 is 2.95 bits per heavy atom. The van der Waals surface area contributed by atoms with Crippen molar-refractivity contribution in [2.75, 3.05) is 19.8 Å². The van der Waals surface area contributed by atoms with Gasteiger partial charge in [0.1, 0.15) is 12.4 Å². The fraction of sp³-hybridized carbons (Fsp3) is 0.647. The van der Waals surface area contributed by atoms with Crippen molar-refractivity contribution < 1.29 is 14.6 Å². The zero-order chi connectivity index (χ0) is 15.9. The van der Waals surface area contributed by atoms with Gasteiger partial charge in [-0.3, -0.25) is 0 Å². The molecule has 3 unspecified atom stereocenters. The molecule has 2 N–H and O–H groups in total. The Morgan fingerprint density at radius 2 is 2.27 bits per heavy atom. The van der Waals surface area contributed by atoms with Gasteiger partial charge in [-0.05, 0) is 43.9 Å². The highest BCUT2D eigenvalue weighted by atomic mass is 35.5. The second-order valence-electron chi connectivity index (χ2n) is 6.03. The molecule has 2 rings (SSSR count). The average Bonchev–Trinajstić information content (AvgIpc) is 3.04. The Kier molecular flexibility index (Phi) is 6.96. The van der Waals surface area contributed by atoms with Crippen LogP contribution in [0.1, 0.15) is 32.3 Å². The summed E-state index contributed by atoms with van der Waals surface area (Å²) in [5.74, 6) is 1.05. The van der Waals surface area contributed by atoms with Crippen LogP contribution in [0.2, 0.25) is 5.02 Å². The molecule has 1 aliphatic heterocycles. The lowest BCUT2D eigenvalue weighted by Crippen LogP contribution is -2.33. The summed E-state index contributed by atoms with van der Waals surface area (Å²) in [5.41, 5.74) is 1.03. The molecule has 0 amide bonds. The Labute approximate surface area is 137 Å². The van der Waals surface area contributed by atoms with Crippen molar-refractivity contribution in [3.8, 4) is 5.75 Å². The van der Waals surface area contributed by atoms with Gasteiger partial charge in [0, 0.05) is 36.4 Å². The first-order chi connectivity index (χ1) is 10.6. The summed E-state index contributed by atoms with van der Waals surface area (Å²) < 4.78 is 11.5. The molecule has 22 heavy (non-hydrogen) atoms. The van der Waals surface area contributed by atoms with E-state index in [4.69, 9.17) is 21.1 Å². The van der Waals surface area contributed by atoms with Gasteiger partial charge < -0.3 is 19.9 Å². The molecule has 5 heteroatoms. The van der Waals surface area contributed by atoms with Crippen LogP contribution in [-0.4, -0.2) is 37.1 Å². The van der Waals surface area contributed by atoms with Gasteiger partial charge in [-0.25, -0.2) is 0 Å². The first-order valence-corrected chi connectivity index (χ1v) is 8.35. The van der Waals surface area contributed by atoms with Crippen molar-refractivity contribution in [2.45, 2.75) is 45.4 Å². The minimum Gasteiger partial charge on any atom is -0.491 e.